The first kappa shape index (κ1) is 3.43. The second kappa shape index (κ2) is 3.58. The molecule has 1 unspecified atom stereocenters. The Kier molecular flexibility index (Phi) is 1.02. The summed E-state index contributed by atoms with van der Waals surface area (Å²) in [5, 5.41) is 0. The zero-order chi connectivity index (χ0) is 14.7. The van der Waals surface area contributed by atoms with Crippen LogP contribution in [0.1, 0.15) is 27.4 Å². The van der Waals surface area contributed by atoms with Crippen molar-refractivity contribution in [2.24, 2.45) is 0 Å². The van der Waals surface area contributed by atoms with E-state index in [9.17, 15) is 0 Å². The average molecular weight is 234 g/mol. The van der Waals surface area contributed by atoms with E-state index in [1.807, 2.05) is 0 Å². The fraction of sp³-hybridized carbons (Fsp3) is 0.400. The molecule has 1 aromatic rings. The van der Waals surface area contributed by atoms with Crippen molar-refractivity contribution in [3.63, 3.8) is 0 Å². The SMILES string of the molecule is [2H]C1([2H])OC([2H])([2H])C([2H])(c2cccc(Br)c2)C1([2H])[2H]. The first-order chi connectivity index (χ1) is 8.46. The van der Waals surface area contributed by atoms with Crippen molar-refractivity contribution >= 4 is 15.9 Å². The summed E-state index contributed by atoms with van der Waals surface area (Å²) < 4.78 is 59.4. The van der Waals surface area contributed by atoms with Crippen molar-refractivity contribution in [2.75, 3.05) is 13.1 Å². The molecule has 0 saturated carbocycles. The van der Waals surface area contributed by atoms with Gasteiger partial charge in [-0.3, -0.25) is 0 Å². The Labute approximate surface area is 90.7 Å². The summed E-state index contributed by atoms with van der Waals surface area (Å²) in [6, 6.07) is 5.98. The maximum absolute atomic E-state index is 8.24. The standard InChI is InChI=1S/C10H11BrO/c11-10-3-1-2-8(6-10)9-4-5-12-7-9/h1-3,6,9H,4-5,7H2/i4D2,5D2,7D2,9D. The molecule has 12 heavy (non-hydrogen) atoms. The first-order valence-corrected chi connectivity index (χ1v) is 4.21. The van der Waals surface area contributed by atoms with Gasteiger partial charge in [-0.05, 0) is 24.1 Å². The highest BCUT2D eigenvalue weighted by atomic mass is 79.9. The van der Waals surface area contributed by atoms with Gasteiger partial charge in [-0.25, -0.2) is 0 Å². The maximum Gasteiger partial charge on any atom is 0.0573 e. The van der Waals surface area contributed by atoms with Crippen molar-refractivity contribution < 1.29 is 14.3 Å². The highest BCUT2D eigenvalue weighted by molar-refractivity contribution is 9.10. The van der Waals surface area contributed by atoms with Gasteiger partial charge in [0.05, 0.1) is 12.0 Å². The summed E-state index contributed by atoms with van der Waals surface area (Å²) in [6.07, 6.45) is -2.84. The summed E-state index contributed by atoms with van der Waals surface area (Å²) >= 11 is 3.17. The van der Waals surface area contributed by atoms with E-state index >= 15 is 0 Å². The van der Waals surface area contributed by atoms with E-state index in [1.54, 1.807) is 6.07 Å². The Hall–Kier alpha value is -0.340. The van der Waals surface area contributed by atoms with Gasteiger partial charge >= 0.3 is 0 Å². The molecule has 0 N–H and O–H groups in total. The van der Waals surface area contributed by atoms with Gasteiger partial charge in [0.1, 0.15) is 0 Å². The Bertz CT molecular complexity index is 518. The van der Waals surface area contributed by atoms with E-state index in [0.29, 0.717) is 4.47 Å². The van der Waals surface area contributed by atoms with Gasteiger partial charge in [0.15, 0.2) is 0 Å². The number of ether oxygens (including phenoxy) is 1. The topological polar surface area (TPSA) is 9.23 Å². The maximum atomic E-state index is 8.24. The molecule has 2 rings (SSSR count). The van der Waals surface area contributed by atoms with Crippen molar-refractivity contribution in [3.05, 3.63) is 34.3 Å². The first-order valence-electron chi connectivity index (χ1n) is 6.92. The molecule has 0 spiro atoms. The summed E-state index contributed by atoms with van der Waals surface area (Å²) in [6.45, 7) is -5.68. The van der Waals surface area contributed by atoms with Gasteiger partial charge in [-0.15, -0.1) is 0 Å². The number of rotatable bonds is 1. The van der Waals surface area contributed by atoms with Crippen LogP contribution < -0.4 is 0 Å². The number of benzene rings is 1. The van der Waals surface area contributed by atoms with Gasteiger partial charge in [-0.2, -0.15) is 0 Å². The molecule has 1 aromatic carbocycles. The highest BCUT2D eigenvalue weighted by Gasteiger charge is 2.17. The molecular weight excluding hydrogens is 216 g/mol. The fourth-order valence-electron chi connectivity index (χ4n) is 0.954. The van der Waals surface area contributed by atoms with E-state index in [0.717, 1.165) is 0 Å². The lowest BCUT2D eigenvalue weighted by atomic mass is 9.99. The molecule has 1 aliphatic heterocycles. The van der Waals surface area contributed by atoms with Crippen LogP contribution in [0.15, 0.2) is 28.7 Å². The number of halogens is 1. The Morgan fingerprint density at radius 1 is 1.67 bits per heavy atom. The monoisotopic (exact) mass is 233 g/mol. The minimum atomic E-state index is -2.89. The molecule has 1 saturated heterocycles. The molecule has 0 bridgehead atoms. The van der Waals surface area contributed by atoms with Crippen LogP contribution in [0.2, 0.25) is 0 Å². The molecule has 0 radical (unpaired) electrons. The lowest BCUT2D eigenvalue weighted by molar-refractivity contribution is 0.194. The van der Waals surface area contributed by atoms with Crippen LogP contribution in [0.3, 0.4) is 0 Å². The Morgan fingerprint density at radius 3 is 3.25 bits per heavy atom. The summed E-state index contributed by atoms with van der Waals surface area (Å²) in [7, 11) is 0. The van der Waals surface area contributed by atoms with Gasteiger partial charge in [0.25, 0.3) is 0 Å². The quantitative estimate of drug-likeness (QED) is 0.725. The van der Waals surface area contributed by atoms with Crippen LogP contribution in [0.5, 0.6) is 0 Å². The van der Waals surface area contributed by atoms with E-state index in [1.165, 1.54) is 18.2 Å². The van der Waals surface area contributed by atoms with E-state index in [2.05, 4.69) is 20.7 Å². The number of hydrogen-bond acceptors (Lipinski definition) is 1. The molecular formula is C10H11BrO. The largest absolute Gasteiger partial charge is 0.381 e. The van der Waals surface area contributed by atoms with E-state index in [-0.39, 0.29) is 5.56 Å². The van der Waals surface area contributed by atoms with Crippen molar-refractivity contribution in [3.8, 4) is 0 Å². The number of hydrogen-bond donors (Lipinski definition) is 0. The molecule has 2 heteroatoms. The molecule has 1 fully saturated rings. The predicted molar refractivity (Wildman–Crippen MR) is 52.3 cm³/mol. The van der Waals surface area contributed by atoms with Crippen LogP contribution in [0.4, 0.5) is 0 Å². The third-order valence-corrected chi connectivity index (χ3v) is 1.99. The van der Waals surface area contributed by atoms with Gasteiger partial charge in [-0.1, -0.05) is 28.1 Å². The highest BCUT2D eigenvalue weighted by Crippen LogP contribution is 2.26. The molecule has 1 atom stereocenters. The summed E-state index contributed by atoms with van der Waals surface area (Å²) in [4.78, 5) is 0. The molecule has 0 aromatic heterocycles. The summed E-state index contributed by atoms with van der Waals surface area (Å²) in [5.74, 6) is -2.51. The van der Waals surface area contributed by atoms with Gasteiger partial charge in [0, 0.05) is 21.0 Å². The molecule has 1 heterocycles. The zero-order valence-electron chi connectivity index (χ0n) is 13.1. The zero-order valence-corrected chi connectivity index (χ0v) is 7.68. The van der Waals surface area contributed by atoms with Crippen LogP contribution in [0, 0.1) is 0 Å². The second-order valence-electron chi connectivity index (χ2n) is 2.32. The molecule has 1 aliphatic rings. The lowest BCUT2D eigenvalue weighted by Crippen LogP contribution is -1.96. The smallest absolute Gasteiger partial charge is 0.0573 e. The minimum Gasteiger partial charge on any atom is -0.381 e. The van der Waals surface area contributed by atoms with E-state index in [4.69, 9.17) is 9.60 Å². The predicted octanol–water partition coefficient (Wildman–Crippen LogP) is 2.95. The molecule has 0 amide bonds. The van der Waals surface area contributed by atoms with Gasteiger partial charge in [0.2, 0.25) is 0 Å². The van der Waals surface area contributed by atoms with Gasteiger partial charge < -0.3 is 4.74 Å². The molecule has 0 aliphatic carbocycles. The van der Waals surface area contributed by atoms with Crippen molar-refractivity contribution in [2.45, 2.75) is 12.3 Å². The van der Waals surface area contributed by atoms with E-state index < -0.39 is 25.4 Å². The molecule has 1 nitrogen and oxygen atoms in total. The second-order valence-corrected chi connectivity index (χ2v) is 3.23. The lowest BCUT2D eigenvalue weighted by Gasteiger charge is -2.07. The normalized spacial score (nSPS) is 50.2. The molecule has 64 valence electrons. The Morgan fingerprint density at radius 2 is 2.58 bits per heavy atom. The fourth-order valence-corrected chi connectivity index (χ4v) is 1.35. The third kappa shape index (κ3) is 1.70. The average Bonchev–Trinajstić information content (AvgIpc) is 2.34. The van der Waals surface area contributed by atoms with Crippen LogP contribution in [-0.4, -0.2) is 13.1 Å². The van der Waals surface area contributed by atoms with Crippen LogP contribution >= 0.6 is 15.9 Å². The van der Waals surface area contributed by atoms with Crippen molar-refractivity contribution in [1.29, 1.82) is 0 Å². The van der Waals surface area contributed by atoms with Crippen LogP contribution in [0.25, 0.3) is 0 Å². The minimum absolute atomic E-state index is 0.0123. The third-order valence-electron chi connectivity index (χ3n) is 1.49. The summed E-state index contributed by atoms with van der Waals surface area (Å²) in [5.41, 5.74) is 0.0123. The Balaban J connectivity index is 2.70. The van der Waals surface area contributed by atoms with Crippen molar-refractivity contribution in [1.82, 2.24) is 0 Å². The van der Waals surface area contributed by atoms with Crippen LogP contribution in [-0.2, 0) is 4.74 Å².